The first-order valence-corrected chi connectivity index (χ1v) is 6.55. The van der Waals surface area contributed by atoms with Crippen molar-refractivity contribution in [3.63, 3.8) is 0 Å². The molecule has 0 saturated heterocycles. The molecule has 1 N–H and O–H groups in total. The number of nitrogens with zero attached hydrogens (tertiary/aromatic N) is 1. The summed E-state index contributed by atoms with van der Waals surface area (Å²) in [5.74, 6) is 1.59. The molecule has 1 atom stereocenters. The Morgan fingerprint density at radius 1 is 1.10 bits per heavy atom. The van der Waals surface area contributed by atoms with Crippen molar-refractivity contribution in [3.8, 4) is 11.3 Å². The molecule has 4 heteroatoms. The van der Waals surface area contributed by atoms with E-state index in [1.165, 1.54) is 0 Å². The van der Waals surface area contributed by atoms with Crippen LogP contribution < -0.4 is 5.32 Å². The SMILES string of the molecule is Cc1nc(-c2ccc(NC(C)c3ccco3)cc2)co1. The number of hydrogen-bond donors (Lipinski definition) is 1. The van der Waals surface area contributed by atoms with E-state index in [0.29, 0.717) is 5.89 Å². The van der Waals surface area contributed by atoms with Gasteiger partial charge in [0.1, 0.15) is 17.7 Å². The molecule has 0 fully saturated rings. The highest BCUT2D eigenvalue weighted by molar-refractivity contribution is 5.62. The number of furan rings is 1. The van der Waals surface area contributed by atoms with Crippen molar-refractivity contribution in [2.24, 2.45) is 0 Å². The van der Waals surface area contributed by atoms with E-state index in [-0.39, 0.29) is 6.04 Å². The highest BCUT2D eigenvalue weighted by Crippen LogP contribution is 2.23. The average molecular weight is 268 g/mol. The molecule has 4 nitrogen and oxygen atoms in total. The first-order chi connectivity index (χ1) is 9.72. The topological polar surface area (TPSA) is 51.2 Å². The molecular weight excluding hydrogens is 252 g/mol. The summed E-state index contributed by atoms with van der Waals surface area (Å²) in [7, 11) is 0. The fraction of sp³-hybridized carbons (Fsp3) is 0.188. The van der Waals surface area contributed by atoms with E-state index in [4.69, 9.17) is 8.83 Å². The number of rotatable bonds is 4. The molecule has 102 valence electrons. The van der Waals surface area contributed by atoms with Gasteiger partial charge in [0.15, 0.2) is 5.89 Å². The van der Waals surface area contributed by atoms with E-state index in [2.05, 4.69) is 17.2 Å². The van der Waals surface area contributed by atoms with Gasteiger partial charge in [-0.1, -0.05) is 12.1 Å². The number of benzene rings is 1. The lowest BCUT2D eigenvalue weighted by Crippen LogP contribution is -2.05. The van der Waals surface area contributed by atoms with E-state index in [0.717, 1.165) is 22.7 Å². The molecule has 3 aromatic rings. The quantitative estimate of drug-likeness (QED) is 0.761. The molecule has 0 aliphatic rings. The third kappa shape index (κ3) is 2.59. The molecule has 20 heavy (non-hydrogen) atoms. The fourth-order valence-electron chi connectivity index (χ4n) is 2.09. The van der Waals surface area contributed by atoms with Crippen molar-refractivity contribution in [2.45, 2.75) is 19.9 Å². The molecule has 3 rings (SSSR count). The van der Waals surface area contributed by atoms with Gasteiger partial charge in [-0.3, -0.25) is 0 Å². The highest BCUT2D eigenvalue weighted by atomic mass is 16.3. The molecule has 1 aromatic carbocycles. The Morgan fingerprint density at radius 2 is 1.90 bits per heavy atom. The maximum atomic E-state index is 5.38. The molecule has 2 aromatic heterocycles. The summed E-state index contributed by atoms with van der Waals surface area (Å²) in [6, 6.07) is 12.1. The predicted octanol–water partition coefficient (Wildman–Crippen LogP) is 4.42. The standard InChI is InChI=1S/C16H16N2O2/c1-11(16-4-3-9-19-16)17-14-7-5-13(6-8-14)15-10-20-12(2)18-15/h3-11,17H,1-2H3. The summed E-state index contributed by atoms with van der Waals surface area (Å²) in [5, 5.41) is 3.39. The second-order valence-corrected chi connectivity index (χ2v) is 4.71. The number of anilines is 1. The molecular formula is C16H16N2O2. The highest BCUT2D eigenvalue weighted by Gasteiger charge is 2.08. The Bertz CT molecular complexity index is 669. The lowest BCUT2D eigenvalue weighted by Gasteiger charge is -2.13. The van der Waals surface area contributed by atoms with Crippen LogP contribution >= 0.6 is 0 Å². The number of nitrogens with one attached hydrogen (secondary N) is 1. The zero-order chi connectivity index (χ0) is 13.9. The lowest BCUT2D eigenvalue weighted by molar-refractivity contribution is 0.490. The van der Waals surface area contributed by atoms with Crippen LogP contribution in [-0.4, -0.2) is 4.98 Å². The van der Waals surface area contributed by atoms with Gasteiger partial charge in [-0.2, -0.15) is 0 Å². The molecule has 2 heterocycles. The van der Waals surface area contributed by atoms with Crippen LogP contribution in [0.2, 0.25) is 0 Å². The summed E-state index contributed by atoms with van der Waals surface area (Å²) in [6.07, 6.45) is 3.35. The number of hydrogen-bond acceptors (Lipinski definition) is 4. The third-order valence-electron chi connectivity index (χ3n) is 3.15. The predicted molar refractivity (Wildman–Crippen MR) is 77.4 cm³/mol. The number of aryl methyl sites for hydroxylation is 1. The van der Waals surface area contributed by atoms with Gasteiger partial charge >= 0.3 is 0 Å². The molecule has 0 spiro atoms. The van der Waals surface area contributed by atoms with Crippen molar-refractivity contribution >= 4 is 5.69 Å². The van der Waals surface area contributed by atoms with Gasteiger partial charge in [0.2, 0.25) is 0 Å². The van der Waals surface area contributed by atoms with Gasteiger partial charge in [0.05, 0.1) is 12.3 Å². The monoisotopic (exact) mass is 268 g/mol. The summed E-state index contributed by atoms with van der Waals surface area (Å²) in [6.45, 7) is 3.90. The van der Waals surface area contributed by atoms with E-state index >= 15 is 0 Å². The minimum atomic E-state index is 0.130. The minimum absolute atomic E-state index is 0.130. The van der Waals surface area contributed by atoms with E-state index in [9.17, 15) is 0 Å². The van der Waals surface area contributed by atoms with Gasteiger partial charge in [-0.15, -0.1) is 0 Å². The third-order valence-corrected chi connectivity index (χ3v) is 3.15. The van der Waals surface area contributed by atoms with Crippen molar-refractivity contribution in [3.05, 3.63) is 60.6 Å². The van der Waals surface area contributed by atoms with Crippen molar-refractivity contribution in [2.75, 3.05) is 5.32 Å². The Kier molecular flexibility index (Phi) is 3.29. The van der Waals surface area contributed by atoms with Crippen LogP contribution in [0.15, 0.2) is 57.8 Å². The van der Waals surface area contributed by atoms with Crippen LogP contribution in [-0.2, 0) is 0 Å². The van der Waals surface area contributed by atoms with E-state index < -0.39 is 0 Å². The normalized spacial score (nSPS) is 12.3. The average Bonchev–Trinajstić information content (AvgIpc) is 3.10. The molecule has 0 aliphatic carbocycles. The van der Waals surface area contributed by atoms with Crippen LogP contribution in [0.25, 0.3) is 11.3 Å². The molecule has 1 unspecified atom stereocenters. The van der Waals surface area contributed by atoms with Gasteiger partial charge in [0.25, 0.3) is 0 Å². The second-order valence-electron chi connectivity index (χ2n) is 4.71. The number of aromatic nitrogens is 1. The zero-order valence-electron chi connectivity index (χ0n) is 11.5. The zero-order valence-corrected chi connectivity index (χ0v) is 11.5. The largest absolute Gasteiger partial charge is 0.467 e. The molecule has 0 radical (unpaired) electrons. The van der Waals surface area contributed by atoms with Crippen LogP contribution in [0, 0.1) is 6.92 Å². The molecule has 0 saturated carbocycles. The molecule has 0 bridgehead atoms. The first-order valence-electron chi connectivity index (χ1n) is 6.55. The van der Waals surface area contributed by atoms with Crippen LogP contribution in [0.1, 0.15) is 24.6 Å². The smallest absolute Gasteiger partial charge is 0.191 e. The van der Waals surface area contributed by atoms with Gasteiger partial charge in [-0.05, 0) is 31.2 Å². The molecule has 0 amide bonds. The Labute approximate surface area is 117 Å². The van der Waals surface area contributed by atoms with Crippen molar-refractivity contribution < 1.29 is 8.83 Å². The Morgan fingerprint density at radius 3 is 2.50 bits per heavy atom. The first kappa shape index (κ1) is 12.5. The second kappa shape index (κ2) is 5.25. The van der Waals surface area contributed by atoms with Crippen LogP contribution in [0.4, 0.5) is 5.69 Å². The van der Waals surface area contributed by atoms with Crippen LogP contribution in [0.3, 0.4) is 0 Å². The van der Waals surface area contributed by atoms with Crippen molar-refractivity contribution in [1.29, 1.82) is 0 Å². The van der Waals surface area contributed by atoms with Gasteiger partial charge < -0.3 is 14.2 Å². The maximum absolute atomic E-state index is 5.38. The van der Waals surface area contributed by atoms with Crippen molar-refractivity contribution in [1.82, 2.24) is 4.98 Å². The summed E-state index contributed by atoms with van der Waals surface area (Å²) < 4.78 is 10.6. The van der Waals surface area contributed by atoms with Crippen LogP contribution in [0.5, 0.6) is 0 Å². The van der Waals surface area contributed by atoms with Gasteiger partial charge in [-0.25, -0.2) is 4.98 Å². The fourth-order valence-corrected chi connectivity index (χ4v) is 2.09. The van der Waals surface area contributed by atoms with E-state index in [1.807, 2.05) is 43.3 Å². The minimum Gasteiger partial charge on any atom is -0.467 e. The number of oxazole rings is 1. The summed E-state index contributed by atoms with van der Waals surface area (Å²) >= 11 is 0. The lowest BCUT2D eigenvalue weighted by atomic mass is 10.1. The van der Waals surface area contributed by atoms with Gasteiger partial charge in [0, 0.05) is 18.2 Å². The molecule has 0 aliphatic heterocycles. The van der Waals surface area contributed by atoms with E-state index in [1.54, 1.807) is 12.5 Å². The Balaban J connectivity index is 1.73. The maximum Gasteiger partial charge on any atom is 0.191 e. The summed E-state index contributed by atoms with van der Waals surface area (Å²) in [4.78, 5) is 4.31. The Hall–Kier alpha value is -2.49. The summed E-state index contributed by atoms with van der Waals surface area (Å²) in [5.41, 5.74) is 2.93.